The molecule has 102 heavy (non-hydrogen) atoms. The number of hydrogen-bond donors (Lipinski definition) is 3. The third-order valence-electron chi connectivity index (χ3n) is 15.2. The van der Waals surface area contributed by atoms with E-state index in [4.69, 9.17) is 37.0 Å². The summed E-state index contributed by atoms with van der Waals surface area (Å²) >= 11 is 0. The van der Waals surface area contributed by atoms with E-state index < -0.39 is 97.5 Å². The second-order valence-electron chi connectivity index (χ2n) is 24.8. The maximum atomic E-state index is 13.1. The molecule has 0 aromatic carbocycles. The van der Waals surface area contributed by atoms with Gasteiger partial charge in [-0.15, -0.1) is 0 Å². The Bertz CT molecular complexity index is 2600. The van der Waals surface area contributed by atoms with Gasteiger partial charge in [0, 0.05) is 25.7 Å². The number of phosphoric acid groups is 2. The Kier molecular flexibility index (Phi) is 69.7. The Balaban J connectivity index is 5.48. The lowest BCUT2D eigenvalue weighted by Crippen LogP contribution is -2.30. The number of hydrogen-bond acceptors (Lipinski definition) is 15. The molecule has 19 heteroatoms. The number of allylic oxidation sites excluding steroid dienone is 28. The molecule has 5 unspecified atom stereocenters. The standard InChI is InChI=1S/C83H134O17P2/c1-5-9-13-17-21-25-29-33-36-37-38-39-42-45-48-52-56-60-64-68-81(86)94-74-79(100-83(88)70-66-62-58-54-50-46-41-35-31-27-23-19-15-11-7-3)76-98-102(91,92)96-72-77(84)71-95-101(89,90)97-75-78(99-82(87)69-65-61-57-53-49-43-32-28-24-20-16-12-8-4)73-93-80(85)67-63-59-55-51-47-44-40-34-30-26-22-18-14-10-6-2/h9-11,13-15,21-23,25-28,32-36,38-41,45,47-48,51,56,60,77-79,84H,5-8,12,16-20,24,29-31,37,42-44,46,49-50,52-55,57-59,61-76H2,1-4H3,(H,89,90)(H,91,92)/b13-9-,14-10-,15-11-,25-21-,26-22-,27-23-,32-28-,36-33-,39-38-,40-34-,41-35-,48-45-,51-47-,60-56-. The Morgan fingerprint density at radius 3 is 0.873 bits per heavy atom. The van der Waals surface area contributed by atoms with Gasteiger partial charge in [-0.1, -0.05) is 256 Å². The highest BCUT2D eigenvalue weighted by Crippen LogP contribution is 2.45. The summed E-state index contributed by atoms with van der Waals surface area (Å²) in [5.41, 5.74) is 0. The number of esters is 4. The second-order valence-corrected chi connectivity index (χ2v) is 27.7. The van der Waals surface area contributed by atoms with E-state index in [1.54, 1.807) is 0 Å². The van der Waals surface area contributed by atoms with Gasteiger partial charge in [-0.05, 0) is 161 Å². The first-order valence-electron chi connectivity index (χ1n) is 38.4. The van der Waals surface area contributed by atoms with Gasteiger partial charge in [0.2, 0.25) is 0 Å². The van der Waals surface area contributed by atoms with Crippen molar-refractivity contribution in [1.29, 1.82) is 0 Å². The predicted octanol–water partition coefficient (Wildman–Crippen LogP) is 22.2. The van der Waals surface area contributed by atoms with Gasteiger partial charge in [0.1, 0.15) is 19.3 Å². The molecule has 0 fully saturated rings. The van der Waals surface area contributed by atoms with Gasteiger partial charge in [0.05, 0.1) is 26.4 Å². The number of unbranched alkanes of at least 4 members (excludes halogenated alkanes) is 16. The van der Waals surface area contributed by atoms with Crippen molar-refractivity contribution < 1.29 is 80.2 Å². The van der Waals surface area contributed by atoms with Crippen LogP contribution >= 0.6 is 15.6 Å². The van der Waals surface area contributed by atoms with Crippen molar-refractivity contribution in [2.45, 2.75) is 290 Å². The quantitative estimate of drug-likeness (QED) is 0.0169. The Morgan fingerprint density at radius 2 is 0.529 bits per heavy atom. The summed E-state index contributed by atoms with van der Waals surface area (Å²) in [6.07, 6.45) is 86.5. The molecule has 5 atom stereocenters. The lowest BCUT2D eigenvalue weighted by Gasteiger charge is -2.21. The lowest BCUT2D eigenvalue weighted by molar-refractivity contribution is -0.161. The van der Waals surface area contributed by atoms with Crippen LogP contribution in [0.15, 0.2) is 170 Å². The first kappa shape index (κ1) is 96.4. The molecule has 0 aliphatic rings. The van der Waals surface area contributed by atoms with Gasteiger partial charge in [-0.25, -0.2) is 9.13 Å². The fourth-order valence-corrected chi connectivity index (χ4v) is 11.0. The Morgan fingerprint density at radius 1 is 0.284 bits per heavy atom. The molecular weight excluding hydrogens is 1330 g/mol. The molecule has 0 aliphatic carbocycles. The van der Waals surface area contributed by atoms with Crippen LogP contribution in [0.4, 0.5) is 0 Å². The average molecular weight is 1470 g/mol. The van der Waals surface area contributed by atoms with E-state index in [0.717, 1.165) is 161 Å². The van der Waals surface area contributed by atoms with Crippen LogP contribution in [0.5, 0.6) is 0 Å². The molecule has 0 saturated carbocycles. The van der Waals surface area contributed by atoms with Crippen molar-refractivity contribution >= 4 is 39.5 Å². The first-order valence-corrected chi connectivity index (χ1v) is 41.4. The summed E-state index contributed by atoms with van der Waals surface area (Å²) in [7, 11) is -10.0. The summed E-state index contributed by atoms with van der Waals surface area (Å²) in [5.74, 6) is -2.36. The molecule has 0 aromatic rings. The summed E-state index contributed by atoms with van der Waals surface area (Å²) < 4.78 is 68.3. The molecule has 17 nitrogen and oxygen atoms in total. The number of aliphatic hydroxyl groups excluding tert-OH is 1. The van der Waals surface area contributed by atoms with Crippen LogP contribution in [-0.4, -0.2) is 96.7 Å². The van der Waals surface area contributed by atoms with Crippen LogP contribution in [0.3, 0.4) is 0 Å². The van der Waals surface area contributed by atoms with Crippen LogP contribution in [0.1, 0.15) is 272 Å². The van der Waals surface area contributed by atoms with E-state index in [2.05, 4.69) is 180 Å². The van der Waals surface area contributed by atoms with E-state index in [1.807, 2.05) is 18.2 Å². The van der Waals surface area contributed by atoms with Gasteiger partial charge in [-0.2, -0.15) is 0 Å². The molecule has 0 heterocycles. The monoisotopic (exact) mass is 1460 g/mol. The molecule has 0 spiro atoms. The number of aliphatic hydroxyl groups is 1. The minimum atomic E-state index is -5.01. The fourth-order valence-electron chi connectivity index (χ4n) is 9.42. The van der Waals surface area contributed by atoms with Crippen LogP contribution < -0.4 is 0 Å². The minimum Gasteiger partial charge on any atom is -0.462 e. The molecule has 0 amide bonds. The van der Waals surface area contributed by atoms with Crippen LogP contribution in [-0.2, 0) is 65.4 Å². The van der Waals surface area contributed by atoms with Gasteiger partial charge < -0.3 is 33.8 Å². The number of ether oxygens (including phenoxy) is 4. The van der Waals surface area contributed by atoms with Crippen LogP contribution in [0.25, 0.3) is 0 Å². The molecule has 3 N–H and O–H groups in total. The van der Waals surface area contributed by atoms with Crippen LogP contribution in [0, 0.1) is 0 Å². The Labute approximate surface area is 616 Å². The average Bonchev–Trinajstić information content (AvgIpc) is 0.924. The molecule has 0 radical (unpaired) electrons. The lowest BCUT2D eigenvalue weighted by atomic mass is 10.1. The highest BCUT2D eigenvalue weighted by Gasteiger charge is 2.30. The number of phosphoric ester groups is 2. The second kappa shape index (κ2) is 73.7. The highest BCUT2D eigenvalue weighted by atomic mass is 31.2. The van der Waals surface area contributed by atoms with E-state index in [9.17, 15) is 43.2 Å². The fraction of sp³-hybridized carbons (Fsp3) is 0.614. The van der Waals surface area contributed by atoms with Gasteiger partial charge in [-0.3, -0.25) is 37.3 Å². The van der Waals surface area contributed by atoms with E-state index in [0.29, 0.717) is 32.1 Å². The van der Waals surface area contributed by atoms with Gasteiger partial charge in [0.25, 0.3) is 0 Å². The van der Waals surface area contributed by atoms with Crippen molar-refractivity contribution in [2.24, 2.45) is 0 Å². The van der Waals surface area contributed by atoms with Crippen molar-refractivity contribution in [2.75, 3.05) is 39.6 Å². The maximum absolute atomic E-state index is 13.1. The number of carbonyl (C=O) groups excluding carboxylic acids is 4. The van der Waals surface area contributed by atoms with Gasteiger partial charge in [0.15, 0.2) is 12.2 Å². The molecule has 0 aromatic heterocycles. The zero-order valence-corrected chi connectivity index (χ0v) is 64.8. The van der Waals surface area contributed by atoms with Crippen molar-refractivity contribution in [1.82, 2.24) is 0 Å². The summed E-state index contributed by atoms with van der Waals surface area (Å²) in [4.78, 5) is 72.9. The summed E-state index contributed by atoms with van der Waals surface area (Å²) in [5, 5.41) is 10.6. The van der Waals surface area contributed by atoms with Crippen LogP contribution in [0.2, 0.25) is 0 Å². The molecule has 0 saturated heterocycles. The van der Waals surface area contributed by atoms with Gasteiger partial charge >= 0.3 is 39.5 Å². The minimum absolute atomic E-state index is 0.0253. The Hall–Kier alpha value is -5.58. The predicted molar refractivity (Wildman–Crippen MR) is 417 cm³/mol. The molecule has 0 aliphatic heterocycles. The largest absolute Gasteiger partial charge is 0.472 e. The topological polar surface area (TPSA) is 237 Å². The molecule has 578 valence electrons. The smallest absolute Gasteiger partial charge is 0.462 e. The molecule has 0 bridgehead atoms. The number of rotatable bonds is 70. The zero-order valence-electron chi connectivity index (χ0n) is 63.0. The van der Waals surface area contributed by atoms with E-state index in [1.165, 1.54) is 25.7 Å². The zero-order chi connectivity index (χ0) is 74.6. The highest BCUT2D eigenvalue weighted by molar-refractivity contribution is 7.47. The van der Waals surface area contributed by atoms with Crippen molar-refractivity contribution in [3.05, 3.63) is 170 Å². The molecule has 0 rings (SSSR count). The van der Waals surface area contributed by atoms with E-state index in [-0.39, 0.29) is 25.7 Å². The SMILES string of the molecule is CC/C=C\C/C=C\C/C=C\C/C=C\C/C=C\C/C=C\CCC(=O)OCC(COP(=O)(O)OCC(O)COP(=O)(O)OCC(COC(=O)CCCC/C=C\C/C=C\C/C=C\C/C=C\CC)OC(=O)CCCCCCC/C=C\CCCCCC)OC(=O)CCCCCCC/C=C\C/C=C\C/C=C\CC. The molecular formula is C83H134O17P2. The van der Waals surface area contributed by atoms with Crippen molar-refractivity contribution in [3.63, 3.8) is 0 Å². The summed E-state index contributed by atoms with van der Waals surface area (Å²) in [6, 6.07) is 0. The maximum Gasteiger partial charge on any atom is 0.472 e. The van der Waals surface area contributed by atoms with Crippen molar-refractivity contribution in [3.8, 4) is 0 Å². The normalized spacial score (nSPS) is 14.9. The number of carbonyl (C=O) groups is 4. The third-order valence-corrected chi connectivity index (χ3v) is 17.1. The summed E-state index contributed by atoms with van der Waals surface area (Å²) in [6.45, 7) is 4.32. The first-order chi connectivity index (χ1) is 49.7. The van der Waals surface area contributed by atoms with E-state index >= 15 is 0 Å². The third kappa shape index (κ3) is 72.8.